The summed E-state index contributed by atoms with van der Waals surface area (Å²) in [5, 5.41) is 3.79. The second kappa shape index (κ2) is 6.08. The molecular formula is C16H18ClNO2S. The SMILES string of the molecule is Cc1ccccc1C(C)Nc1cc(S(C)(=O)=O)ccc1Cl. The summed E-state index contributed by atoms with van der Waals surface area (Å²) in [7, 11) is -3.25. The second-order valence-electron chi connectivity index (χ2n) is 5.14. The first-order valence-corrected chi connectivity index (χ1v) is 8.87. The molecule has 1 N–H and O–H groups in total. The van der Waals surface area contributed by atoms with Gasteiger partial charge in [0.05, 0.1) is 15.6 Å². The van der Waals surface area contributed by atoms with Crippen LogP contribution in [0.2, 0.25) is 5.02 Å². The van der Waals surface area contributed by atoms with Crippen molar-refractivity contribution in [1.29, 1.82) is 0 Å². The van der Waals surface area contributed by atoms with E-state index in [1.165, 1.54) is 17.9 Å². The molecule has 0 amide bonds. The minimum Gasteiger partial charge on any atom is -0.377 e. The number of aryl methyl sites for hydroxylation is 1. The minimum absolute atomic E-state index is 0.0264. The lowest BCUT2D eigenvalue weighted by molar-refractivity contribution is 0.602. The van der Waals surface area contributed by atoms with E-state index in [0.717, 1.165) is 5.56 Å². The van der Waals surface area contributed by atoms with Crippen molar-refractivity contribution in [1.82, 2.24) is 0 Å². The third-order valence-electron chi connectivity index (χ3n) is 3.39. The molecule has 1 atom stereocenters. The smallest absolute Gasteiger partial charge is 0.175 e. The van der Waals surface area contributed by atoms with Crippen molar-refractivity contribution in [2.45, 2.75) is 24.8 Å². The Morgan fingerprint density at radius 1 is 1.14 bits per heavy atom. The van der Waals surface area contributed by atoms with Crippen LogP contribution in [0.15, 0.2) is 47.4 Å². The van der Waals surface area contributed by atoms with Crippen LogP contribution in [0, 0.1) is 6.92 Å². The van der Waals surface area contributed by atoms with E-state index < -0.39 is 9.84 Å². The lowest BCUT2D eigenvalue weighted by Crippen LogP contribution is -2.09. The highest BCUT2D eigenvalue weighted by Gasteiger charge is 2.13. The number of hydrogen-bond donors (Lipinski definition) is 1. The standard InChI is InChI=1S/C16H18ClNO2S/c1-11-6-4-5-7-14(11)12(2)18-16-10-13(21(3,19)20)8-9-15(16)17/h4-10,12,18H,1-3H3. The summed E-state index contributed by atoms with van der Waals surface area (Å²) >= 11 is 6.16. The molecule has 2 rings (SSSR count). The zero-order valence-corrected chi connectivity index (χ0v) is 13.8. The van der Waals surface area contributed by atoms with E-state index in [1.54, 1.807) is 12.1 Å². The number of halogens is 1. The molecule has 0 aliphatic rings. The van der Waals surface area contributed by atoms with Gasteiger partial charge in [0, 0.05) is 12.3 Å². The molecule has 0 aliphatic carbocycles. The Bertz CT molecular complexity index is 757. The molecule has 21 heavy (non-hydrogen) atoms. The molecule has 3 nitrogen and oxygen atoms in total. The monoisotopic (exact) mass is 323 g/mol. The normalized spacial score (nSPS) is 13.0. The number of sulfone groups is 1. The van der Waals surface area contributed by atoms with E-state index >= 15 is 0 Å². The first-order valence-electron chi connectivity index (χ1n) is 6.60. The fourth-order valence-electron chi connectivity index (χ4n) is 2.23. The van der Waals surface area contributed by atoms with E-state index in [-0.39, 0.29) is 10.9 Å². The molecule has 0 radical (unpaired) electrons. The zero-order valence-electron chi connectivity index (χ0n) is 12.2. The maximum atomic E-state index is 11.6. The molecule has 2 aromatic rings. The van der Waals surface area contributed by atoms with Crippen molar-refractivity contribution < 1.29 is 8.42 Å². The van der Waals surface area contributed by atoms with Gasteiger partial charge >= 0.3 is 0 Å². The van der Waals surface area contributed by atoms with E-state index in [0.29, 0.717) is 10.7 Å². The topological polar surface area (TPSA) is 46.2 Å². The van der Waals surface area contributed by atoms with Gasteiger partial charge in [0.15, 0.2) is 9.84 Å². The van der Waals surface area contributed by atoms with Crippen LogP contribution in [0.5, 0.6) is 0 Å². The largest absolute Gasteiger partial charge is 0.377 e. The van der Waals surface area contributed by atoms with Crippen molar-refractivity contribution in [2.24, 2.45) is 0 Å². The van der Waals surface area contributed by atoms with Crippen LogP contribution in [-0.2, 0) is 9.84 Å². The molecule has 0 saturated carbocycles. The van der Waals surface area contributed by atoms with Gasteiger partial charge < -0.3 is 5.32 Å². The van der Waals surface area contributed by atoms with E-state index in [9.17, 15) is 8.42 Å². The van der Waals surface area contributed by atoms with Crippen molar-refractivity contribution >= 4 is 27.1 Å². The molecule has 112 valence electrons. The molecule has 0 bridgehead atoms. The maximum Gasteiger partial charge on any atom is 0.175 e. The van der Waals surface area contributed by atoms with Crippen molar-refractivity contribution in [3.63, 3.8) is 0 Å². The molecular weight excluding hydrogens is 306 g/mol. The highest BCUT2D eigenvalue weighted by molar-refractivity contribution is 7.90. The van der Waals surface area contributed by atoms with Crippen LogP contribution in [0.1, 0.15) is 24.1 Å². The highest BCUT2D eigenvalue weighted by atomic mass is 35.5. The summed E-state index contributed by atoms with van der Waals surface area (Å²) in [5.74, 6) is 0. The number of rotatable bonds is 4. The Hall–Kier alpha value is -1.52. The predicted molar refractivity (Wildman–Crippen MR) is 87.8 cm³/mol. The average Bonchev–Trinajstić information content (AvgIpc) is 2.40. The zero-order chi connectivity index (χ0) is 15.6. The molecule has 0 saturated heterocycles. The van der Waals surface area contributed by atoms with Crippen molar-refractivity contribution in [2.75, 3.05) is 11.6 Å². The third-order valence-corrected chi connectivity index (χ3v) is 4.83. The fourth-order valence-corrected chi connectivity index (χ4v) is 3.05. The Morgan fingerprint density at radius 2 is 1.81 bits per heavy atom. The molecule has 0 aromatic heterocycles. The maximum absolute atomic E-state index is 11.6. The summed E-state index contributed by atoms with van der Waals surface area (Å²) < 4.78 is 23.3. The quantitative estimate of drug-likeness (QED) is 0.916. The number of benzene rings is 2. The van der Waals surface area contributed by atoms with Crippen molar-refractivity contribution in [3.05, 3.63) is 58.6 Å². The van der Waals surface area contributed by atoms with Gasteiger partial charge in [0.1, 0.15) is 0 Å². The van der Waals surface area contributed by atoms with Gasteiger partial charge in [0.2, 0.25) is 0 Å². The van der Waals surface area contributed by atoms with Crippen LogP contribution in [0.4, 0.5) is 5.69 Å². The summed E-state index contributed by atoms with van der Waals surface area (Å²) in [6.07, 6.45) is 1.19. The van der Waals surface area contributed by atoms with Crippen LogP contribution in [-0.4, -0.2) is 14.7 Å². The molecule has 0 spiro atoms. The first kappa shape index (κ1) is 15.9. The van der Waals surface area contributed by atoms with Crippen LogP contribution < -0.4 is 5.32 Å². The highest BCUT2D eigenvalue weighted by Crippen LogP contribution is 2.29. The van der Waals surface area contributed by atoms with E-state index in [2.05, 4.69) is 5.32 Å². The number of hydrogen-bond acceptors (Lipinski definition) is 3. The van der Waals surface area contributed by atoms with Gasteiger partial charge in [-0.1, -0.05) is 35.9 Å². The lowest BCUT2D eigenvalue weighted by Gasteiger charge is -2.19. The summed E-state index contributed by atoms with van der Waals surface area (Å²) in [4.78, 5) is 0.256. The van der Waals surface area contributed by atoms with Gasteiger partial charge in [-0.3, -0.25) is 0 Å². The molecule has 2 aromatic carbocycles. The van der Waals surface area contributed by atoms with Crippen LogP contribution >= 0.6 is 11.6 Å². The van der Waals surface area contributed by atoms with Crippen LogP contribution in [0.3, 0.4) is 0 Å². The van der Waals surface area contributed by atoms with Gasteiger partial charge in [-0.05, 0) is 43.2 Å². The lowest BCUT2D eigenvalue weighted by atomic mass is 10.0. The van der Waals surface area contributed by atoms with Gasteiger partial charge in [-0.2, -0.15) is 0 Å². The van der Waals surface area contributed by atoms with Crippen LogP contribution in [0.25, 0.3) is 0 Å². The summed E-state index contributed by atoms with van der Waals surface area (Å²) in [5.41, 5.74) is 2.95. The Morgan fingerprint density at radius 3 is 2.43 bits per heavy atom. The Balaban J connectivity index is 2.33. The molecule has 0 fully saturated rings. The first-order chi connectivity index (χ1) is 9.79. The average molecular weight is 324 g/mol. The molecule has 5 heteroatoms. The minimum atomic E-state index is -3.25. The third kappa shape index (κ3) is 3.77. The van der Waals surface area contributed by atoms with E-state index in [1.807, 2.05) is 38.1 Å². The molecule has 1 unspecified atom stereocenters. The number of nitrogens with one attached hydrogen (secondary N) is 1. The predicted octanol–water partition coefficient (Wildman–Crippen LogP) is 4.23. The van der Waals surface area contributed by atoms with Crippen molar-refractivity contribution in [3.8, 4) is 0 Å². The molecule has 0 heterocycles. The summed E-state index contributed by atoms with van der Waals surface area (Å²) in [6.45, 7) is 4.06. The summed E-state index contributed by atoms with van der Waals surface area (Å²) in [6, 6.07) is 12.8. The van der Waals surface area contributed by atoms with E-state index in [4.69, 9.17) is 11.6 Å². The van der Waals surface area contributed by atoms with Gasteiger partial charge in [-0.15, -0.1) is 0 Å². The number of anilines is 1. The second-order valence-corrected chi connectivity index (χ2v) is 7.56. The van der Waals surface area contributed by atoms with Gasteiger partial charge in [-0.25, -0.2) is 8.42 Å². The fraction of sp³-hybridized carbons (Fsp3) is 0.250. The Kier molecular flexibility index (Phi) is 4.59. The van der Waals surface area contributed by atoms with Gasteiger partial charge in [0.25, 0.3) is 0 Å². The molecule has 0 aliphatic heterocycles. The Labute approximate surface area is 130 Å².